The lowest BCUT2D eigenvalue weighted by Gasteiger charge is -2.10. The second-order valence-electron chi connectivity index (χ2n) is 5.85. The van der Waals surface area contributed by atoms with Gasteiger partial charge in [-0.1, -0.05) is 23.0 Å². The van der Waals surface area contributed by atoms with E-state index in [2.05, 4.69) is 10.1 Å². The molecule has 1 aromatic carbocycles. The van der Waals surface area contributed by atoms with Crippen LogP contribution in [0.15, 0.2) is 60.8 Å². The molecule has 0 N–H and O–H groups in total. The van der Waals surface area contributed by atoms with Crippen LogP contribution >= 0.6 is 23.1 Å². The summed E-state index contributed by atoms with van der Waals surface area (Å²) in [5, 5.41) is 6.49. The Balaban J connectivity index is 1.51. The van der Waals surface area contributed by atoms with Crippen molar-refractivity contribution in [3.63, 3.8) is 0 Å². The molecule has 0 atom stereocenters. The van der Waals surface area contributed by atoms with Gasteiger partial charge in [0.1, 0.15) is 5.52 Å². The molecule has 0 saturated carbocycles. The van der Waals surface area contributed by atoms with Crippen molar-refractivity contribution < 1.29 is 17.4 Å². The number of hydrogen-bond acceptors (Lipinski definition) is 8. The highest BCUT2D eigenvalue weighted by atomic mass is 32.2. The predicted octanol–water partition coefficient (Wildman–Crippen LogP) is 4.09. The smallest absolute Gasteiger partial charge is 0.257 e. The van der Waals surface area contributed by atoms with E-state index in [9.17, 15) is 8.42 Å². The fourth-order valence-corrected chi connectivity index (χ4v) is 4.68. The third-order valence-corrected chi connectivity index (χ3v) is 7.34. The summed E-state index contributed by atoms with van der Waals surface area (Å²) in [6, 6.07) is 10.5. The number of fused-ring (bicyclic) bond motifs is 1. The molecule has 4 rings (SSSR count). The molecule has 4 aromatic rings. The highest BCUT2D eigenvalue weighted by Gasteiger charge is 2.19. The van der Waals surface area contributed by atoms with Gasteiger partial charge < -0.3 is 8.94 Å². The third kappa shape index (κ3) is 3.65. The Kier molecular flexibility index (Phi) is 4.81. The lowest BCUT2D eigenvalue weighted by Crippen LogP contribution is -2.22. The highest BCUT2D eigenvalue weighted by molar-refractivity contribution is 7.98. The second kappa shape index (κ2) is 7.12. The standard InChI is InChI=1S/C17H15N3O4S3/c1-20(2)27(21,22)12-5-6-14-13(9-12)18-17(23-14)26-10-11-8-15(24-19-11)16-4-3-7-25-16/h3-9H,10H2,1-2H3. The van der Waals surface area contributed by atoms with E-state index < -0.39 is 10.0 Å². The molecule has 0 radical (unpaired) electrons. The van der Waals surface area contributed by atoms with Crippen LogP contribution in [0, 0.1) is 0 Å². The normalized spacial score (nSPS) is 12.3. The molecule has 10 heteroatoms. The number of oxazole rings is 1. The lowest BCUT2D eigenvalue weighted by molar-refractivity contribution is 0.427. The van der Waals surface area contributed by atoms with Crippen molar-refractivity contribution in [2.45, 2.75) is 15.9 Å². The van der Waals surface area contributed by atoms with Crippen LogP contribution in [0.25, 0.3) is 21.7 Å². The van der Waals surface area contributed by atoms with Crippen molar-refractivity contribution in [1.29, 1.82) is 0 Å². The van der Waals surface area contributed by atoms with Gasteiger partial charge in [-0.05, 0) is 29.6 Å². The zero-order chi connectivity index (χ0) is 19.0. The molecular weight excluding hydrogens is 406 g/mol. The first-order valence-electron chi connectivity index (χ1n) is 7.89. The molecule has 0 fully saturated rings. The minimum absolute atomic E-state index is 0.182. The SMILES string of the molecule is CN(C)S(=O)(=O)c1ccc2oc(SCc3cc(-c4cccs4)on3)nc2c1. The number of sulfonamides is 1. The largest absolute Gasteiger partial charge is 0.431 e. The van der Waals surface area contributed by atoms with Crippen LogP contribution in [0.4, 0.5) is 0 Å². The van der Waals surface area contributed by atoms with E-state index >= 15 is 0 Å². The van der Waals surface area contributed by atoms with E-state index in [-0.39, 0.29) is 4.90 Å². The van der Waals surface area contributed by atoms with E-state index in [1.165, 1.54) is 42.3 Å². The monoisotopic (exact) mass is 421 g/mol. The van der Waals surface area contributed by atoms with Gasteiger partial charge in [0.15, 0.2) is 11.3 Å². The van der Waals surface area contributed by atoms with Crippen molar-refractivity contribution >= 4 is 44.2 Å². The summed E-state index contributed by atoms with van der Waals surface area (Å²) in [4.78, 5) is 5.58. The van der Waals surface area contributed by atoms with Crippen molar-refractivity contribution in [1.82, 2.24) is 14.4 Å². The van der Waals surface area contributed by atoms with Crippen molar-refractivity contribution in [2.24, 2.45) is 0 Å². The molecule has 27 heavy (non-hydrogen) atoms. The molecular formula is C17H15N3O4S3. The van der Waals surface area contributed by atoms with Crippen molar-refractivity contribution in [3.05, 3.63) is 47.5 Å². The van der Waals surface area contributed by atoms with E-state index in [0.717, 1.165) is 16.3 Å². The first-order valence-corrected chi connectivity index (χ1v) is 11.2. The van der Waals surface area contributed by atoms with E-state index in [1.807, 2.05) is 23.6 Å². The van der Waals surface area contributed by atoms with Gasteiger partial charge in [0.2, 0.25) is 10.0 Å². The number of aromatic nitrogens is 2. The third-order valence-electron chi connectivity index (χ3n) is 3.78. The van der Waals surface area contributed by atoms with Gasteiger partial charge in [-0.25, -0.2) is 17.7 Å². The van der Waals surface area contributed by atoms with Crippen molar-refractivity contribution in [3.8, 4) is 10.6 Å². The summed E-state index contributed by atoms with van der Waals surface area (Å²) in [7, 11) is -0.526. The Morgan fingerprint density at radius 3 is 2.81 bits per heavy atom. The molecule has 0 bridgehead atoms. The van der Waals surface area contributed by atoms with Gasteiger partial charge in [-0.3, -0.25) is 0 Å². The van der Waals surface area contributed by atoms with E-state index in [0.29, 0.717) is 22.1 Å². The van der Waals surface area contributed by atoms with Crippen LogP contribution in [0.2, 0.25) is 0 Å². The molecule has 0 saturated heterocycles. The van der Waals surface area contributed by atoms with Crippen molar-refractivity contribution in [2.75, 3.05) is 14.1 Å². The number of hydrogen-bond donors (Lipinski definition) is 0. The topological polar surface area (TPSA) is 89.4 Å². The molecule has 0 unspecified atom stereocenters. The number of rotatable bonds is 6. The van der Waals surface area contributed by atoms with Crippen LogP contribution in [-0.4, -0.2) is 37.0 Å². The molecule has 140 valence electrons. The Bertz CT molecular complexity index is 1180. The maximum Gasteiger partial charge on any atom is 0.257 e. The molecule has 0 aliphatic carbocycles. The van der Waals surface area contributed by atoms with Gasteiger partial charge in [-0.2, -0.15) is 0 Å². The maximum atomic E-state index is 12.2. The fraction of sp³-hybridized carbons (Fsp3) is 0.176. The van der Waals surface area contributed by atoms with Crippen LogP contribution in [0.5, 0.6) is 0 Å². The summed E-state index contributed by atoms with van der Waals surface area (Å²) in [5.74, 6) is 1.27. The lowest BCUT2D eigenvalue weighted by atomic mass is 10.3. The predicted molar refractivity (Wildman–Crippen MR) is 104 cm³/mol. The fourth-order valence-electron chi connectivity index (χ4n) is 2.37. The molecule has 0 aliphatic heterocycles. The second-order valence-corrected chi connectivity index (χ2v) is 9.87. The molecule has 0 aliphatic rings. The Labute approximate surface area is 164 Å². The zero-order valence-electron chi connectivity index (χ0n) is 14.4. The number of nitrogens with zero attached hydrogens (tertiary/aromatic N) is 3. The summed E-state index contributed by atoms with van der Waals surface area (Å²) < 4.78 is 36.7. The Hall–Kier alpha value is -2.14. The van der Waals surface area contributed by atoms with E-state index in [4.69, 9.17) is 8.94 Å². The number of benzene rings is 1. The number of thioether (sulfide) groups is 1. The van der Waals surface area contributed by atoms with Crippen LogP contribution < -0.4 is 0 Å². The summed E-state index contributed by atoms with van der Waals surface area (Å²) in [5.41, 5.74) is 1.82. The van der Waals surface area contributed by atoms with Crippen LogP contribution in [0.1, 0.15) is 5.69 Å². The first-order chi connectivity index (χ1) is 12.9. The maximum absolute atomic E-state index is 12.2. The van der Waals surface area contributed by atoms with Gasteiger partial charge in [0.25, 0.3) is 5.22 Å². The number of thiophene rings is 1. The molecule has 0 amide bonds. The summed E-state index contributed by atoms with van der Waals surface area (Å²) in [6.07, 6.45) is 0. The van der Waals surface area contributed by atoms with Gasteiger partial charge in [0.05, 0.1) is 15.5 Å². The summed E-state index contributed by atoms with van der Waals surface area (Å²) >= 11 is 2.96. The average molecular weight is 422 g/mol. The molecule has 7 nitrogen and oxygen atoms in total. The van der Waals surface area contributed by atoms with Gasteiger partial charge in [-0.15, -0.1) is 11.3 Å². The first kappa shape index (κ1) is 18.2. The van der Waals surface area contributed by atoms with Gasteiger partial charge in [0, 0.05) is 25.9 Å². The van der Waals surface area contributed by atoms with Gasteiger partial charge >= 0.3 is 0 Å². The molecule has 0 spiro atoms. The molecule has 3 heterocycles. The molecule has 3 aromatic heterocycles. The Morgan fingerprint density at radius 2 is 2.07 bits per heavy atom. The Morgan fingerprint density at radius 1 is 1.22 bits per heavy atom. The van der Waals surface area contributed by atoms with Crippen LogP contribution in [0.3, 0.4) is 0 Å². The quantitative estimate of drug-likeness (QED) is 0.433. The minimum Gasteiger partial charge on any atom is -0.431 e. The average Bonchev–Trinajstić information content (AvgIpc) is 3.37. The minimum atomic E-state index is -3.51. The highest BCUT2D eigenvalue weighted by Crippen LogP contribution is 2.30. The van der Waals surface area contributed by atoms with E-state index in [1.54, 1.807) is 17.4 Å². The summed E-state index contributed by atoms with van der Waals surface area (Å²) in [6.45, 7) is 0. The zero-order valence-corrected chi connectivity index (χ0v) is 16.9. The van der Waals surface area contributed by atoms with Crippen LogP contribution in [-0.2, 0) is 15.8 Å².